The van der Waals surface area contributed by atoms with E-state index in [-0.39, 0.29) is 24.4 Å². The van der Waals surface area contributed by atoms with Gasteiger partial charge in [0.1, 0.15) is 36.5 Å². The molecule has 1 aromatic rings. The second-order valence-corrected chi connectivity index (χ2v) is 7.99. The number of hydrogen-bond donors (Lipinski definition) is 7. The number of amidine groups is 1. The van der Waals surface area contributed by atoms with Gasteiger partial charge in [-0.25, -0.2) is 9.59 Å². The number of carbonyl (C=O) groups excluding carboxylic acids is 1. The SMILES string of the molecule is N=C1NC(=O)N(C2CC(O)C(CO)O2)C(c2ccn(C3CC(O)C(CO)O3)c(=O)n2)C1N. The third-order valence-electron chi connectivity index (χ3n) is 5.99. The molecule has 3 fully saturated rings. The zero-order valence-corrected chi connectivity index (χ0v) is 16.9. The standard InChI is InChI=1S/C18H26N6O8/c19-14-15(24(18(30)22-16(14)20)13-4-9(28)11(6-26)32-13)7-1-2-23(17(29)21-7)12-3-8(27)10(5-25)31-12/h1-2,8-15,25-28H,3-6,19H2,(H2,20,22,30). The van der Waals surface area contributed by atoms with Crippen LogP contribution in [0.15, 0.2) is 17.1 Å². The minimum Gasteiger partial charge on any atom is -0.394 e. The van der Waals surface area contributed by atoms with Gasteiger partial charge < -0.3 is 35.6 Å². The maximum Gasteiger partial charge on any atom is 0.349 e. The van der Waals surface area contributed by atoms with Gasteiger partial charge >= 0.3 is 11.7 Å². The number of rotatable bonds is 5. The third-order valence-corrected chi connectivity index (χ3v) is 5.99. The number of aliphatic hydroxyl groups is 4. The quantitative estimate of drug-likeness (QED) is 0.235. The maximum absolute atomic E-state index is 12.7. The average Bonchev–Trinajstić information content (AvgIpc) is 3.31. The fourth-order valence-electron chi connectivity index (χ4n) is 4.27. The Morgan fingerprint density at radius 3 is 2.28 bits per heavy atom. The summed E-state index contributed by atoms with van der Waals surface area (Å²) in [4.78, 5) is 30.6. The fraction of sp³-hybridized carbons (Fsp3) is 0.667. The molecule has 14 heteroatoms. The summed E-state index contributed by atoms with van der Waals surface area (Å²) < 4.78 is 12.2. The van der Waals surface area contributed by atoms with Gasteiger partial charge in [0, 0.05) is 19.0 Å². The van der Waals surface area contributed by atoms with E-state index in [1.54, 1.807) is 0 Å². The van der Waals surface area contributed by atoms with E-state index in [0.29, 0.717) is 0 Å². The first-order valence-electron chi connectivity index (χ1n) is 10.2. The molecule has 0 aliphatic carbocycles. The summed E-state index contributed by atoms with van der Waals surface area (Å²) in [6, 6.07) is -1.38. The van der Waals surface area contributed by atoms with E-state index in [4.69, 9.17) is 20.6 Å². The van der Waals surface area contributed by atoms with E-state index in [1.165, 1.54) is 17.2 Å². The first kappa shape index (κ1) is 22.7. The number of ether oxygens (including phenoxy) is 2. The highest BCUT2D eigenvalue weighted by molar-refractivity contribution is 6.01. The average molecular weight is 454 g/mol. The van der Waals surface area contributed by atoms with E-state index >= 15 is 0 Å². The van der Waals surface area contributed by atoms with Gasteiger partial charge in [0.2, 0.25) is 0 Å². The highest BCUT2D eigenvalue weighted by Crippen LogP contribution is 2.34. The van der Waals surface area contributed by atoms with Crippen molar-refractivity contribution < 1.29 is 34.7 Å². The Kier molecular flexibility index (Phi) is 6.26. The number of aliphatic hydroxyl groups excluding tert-OH is 4. The van der Waals surface area contributed by atoms with Crippen LogP contribution < -0.4 is 16.7 Å². The van der Waals surface area contributed by atoms with E-state index < -0.39 is 73.9 Å². The first-order chi connectivity index (χ1) is 15.2. The molecule has 14 nitrogen and oxygen atoms in total. The van der Waals surface area contributed by atoms with Crippen LogP contribution >= 0.6 is 0 Å². The van der Waals surface area contributed by atoms with Crippen LogP contribution in [-0.4, -0.2) is 96.6 Å². The van der Waals surface area contributed by atoms with E-state index in [1.807, 2.05) is 0 Å². The minimum absolute atomic E-state index is 0.00260. The largest absolute Gasteiger partial charge is 0.394 e. The van der Waals surface area contributed by atoms with Gasteiger partial charge in [0.05, 0.1) is 37.2 Å². The van der Waals surface area contributed by atoms with Crippen molar-refractivity contribution in [3.05, 3.63) is 28.4 Å². The number of hydrogen-bond acceptors (Lipinski definition) is 11. The van der Waals surface area contributed by atoms with Crippen LogP contribution in [0.3, 0.4) is 0 Å². The third kappa shape index (κ3) is 3.90. The van der Waals surface area contributed by atoms with Crippen molar-refractivity contribution >= 4 is 11.9 Å². The molecule has 8 unspecified atom stereocenters. The zero-order valence-electron chi connectivity index (χ0n) is 16.9. The van der Waals surface area contributed by atoms with Crippen molar-refractivity contribution in [2.24, 2.45) is 5.73 Å². The number of nitrogens with one attached hydrogen (secondary N) is 2. The number of amides is 2. The molecule has 2 amide bonds. The molecule has 0 radical (unpaired) electrons. The number of carbonyl (C=O) groups is 1. The molecule has 1 aromatic heterocycles. The molecule has 8 atom stereocenters. The molecule has 176 valence electrons. The van der Waals surface area contributed by atoms with Crippen molar-refractivity contribution in [2.45, 2.75) is 61.8 Å². The van der Waals surface area contributed by atoms with Gasteiger partial charge in [-0.15, -0.1) is 0 Å². The lowest BCUT2D eigenvalue weighted by Crippen LogP contribution is -2.64. The van der Waals surface area contributed by atoms with Gasteiger partial charge in [-0.05, 0) is 6.07 Å². The normalized spacial score (nSPS) is 37.7. The molecule has 0 spiro atoms. The van der Waals surface area contributed by atoms with Gasteiger partial charge in [0.25, 0.3) is 0 Å². The summed E-state index contributed by atoms with van der Waals surface area (Å²) in [6.45, 7) is -0.848. The van der Waals surface area contributed by atoms with Crippen LogP contribution in [0.1, 0.15) is 30.8 Å². The number of nitrogens with zero attached hydrogens (tertiary/aromatic N) is 3. The summed E-state index contributed by atoms with van der Waals surface area (Å²) >= 11 is 0. The van der Waals surface area contributed by atoms with E-state index in [9.17, 15) is 30.0 Å². The zero-order chi connectivity index (χ0) is 23.2. The molecule has 3 saturated heterocycles. The second kappa shape index (κ2) is 8.82. The van der Waals surface area contributed by atoms with Crippen LogP contribution in [0.4, 0.5) is 4.79 Å². The molecular weight excluding hydrogens is 428 g/mol. The molecule has 4 rings (SSSR count). The van der Waals surface area contributed by atoms with Gasteiger partial charge in [-0.3, -0.25) is 20.2 Å². The lowest BCUT2D eigenvalue weighted by molar-refractivity contribution is -0.0774. The Bertz CT molecular complexity index is 942. The Morgan fingerprint density at radius 1 is 1.12 bits per heavy atom. The first-order valence-corrected chi connectivity index (χ1v) is 10.2. The summed E-state index contributed by atoms with van der Waals surface area (Å²) in [5, 5.41) is 48.9. The number of nitrogens with two attached hydrogens (primary N) is 1. The molecule has 8 N–H and O–H groups in total. The smallest absolute Gasteiger partial charge is 0.349 e. The van der Waals surface area contributed by atoms with Gasteiger partial charge in [0.15, 0.2) is 0 Å². The Hall–Kier alpha value is -2.46. The Balaban J connectivity index is 1.65. The monoisotopic (exact) mass is 454 g/mol. The van der Waals surface area contributed by atoms with Crippen molar-refractivity contribution in [3.63, 3.8) is 0 Å². The van der Waals surface area contributed by atoms with Crippen molar-refractivity contribution in [1.29, 1.82) is 5.41 Å². The minimum atomic E-state index is -1.06. The van der Waals surface area contributed by atoms with Crippen LogP contribution in [-0.2, 0) is 9.47 Å². The number of urea groups is 1. The van der Waals surface area contributed by atoms with Crippen LogP contribution in [0, 0.1) is 5.41 Å². The predicted octanol–water partition coefficient (Wildman–Crippen LogP) is -3.28. The lowest BCUT2D eigenvalue weighted by Gasteiger charge is -2.42. The molecule has 4 heterocycles. The predicted molar refractivity (Wildman–Crippen MR) is 105 cm³/mol. The summed E-state index contributed by atoms with van der Waals surface area (Å²) in [6.07, 6.45) is -3.98. The van der Waals surface area contributed by atoms with Crippen LogP contribution in [0.25, 0.3) is 0 Å². The van der Waals surface area contributed by atoms with Crippen LogP contribution in [0.2, 0.25) is 0 Å². The molecular formula is C18H26N6O8. The fourth-order valence-corrected chi connectivity index (χ4v) is 4.27. The number of aromatic nitrogens is 2. The van der Waals surface area contributed by atoms with Gasteiger partial charge in [-0.1, -0.05) is 0 Å². The topological polar surface area (TPSA) is 216 Å². The van der Waals surface area contributed by atoms with Gasteiger partial charge in [-0.2, -0.15) is 4.98 Å². The molecule has 3 aliphatic rings. The lowest BCUT2D eigenvalue weighted by atomic mass is 9.99. The van der Waals surface area contributed by atoms with Crippen molar-refractivity contribution in [1.82, 2.24) is 19.8 Å². The second-order valence-electron chi connectivity index (χ2n) is 7.99. The van der Waals surface area contributed by atoms with E-state index in [2.05, 4.69) is 10.3 Å². The Labute approximate surface area is 181 Å². The summed E-state index contributed by atoms with van der Waals surface area (Å²) in [5.74, 6) is -0.271. The summed E-state index contributed by atoms with van der Waals surface area (Å²) in [7, 11) is 0. The summed E-state index contributed by atoms with van der Waals surface area (Å²) in [5.41, 5.74) is 5.52. The van der Waals surface area contributed by atoms with Crippen molar-refractivity contribution in [3.8, 4) is 0 Å². The maximum atomic E-state index is 12.7. The van der Waals surface area contributed by atoms with E-state index in [0.717, 1.165) is 4.57 Å². The molecule has 3 aliphatic heterocycles. The highest BCUT2D eigenvalue weighted by atomic mass is 16.5. The molecule has 32 heavy (non-hydrogen) atoms. The van der Waals surface area contributed by atoms with Crippen LogP contribution in [0.5, 0.6) is 0 Å². The highest BCUT2D eigenvalue weighted by Gasteiger charge is 2.48. The van der Waals surface area contributed by atoms with Crippen molar-refractivity contribution in [2.75, 3.05) is 13.2 Å². The molecule has 0 aromatic carbocycles. The molecule has 0 saturated carbocycles. The Morgan fingerprint density at radius 2 is 1.72 bits per heavy atom. The molecule has 0 bridgehead atoms.